The van der Waals surface area contributed by atoms with Crippen LogP contribution >= 0.6 is 7.82 Å². The normalized spacial score (nSPS) is 10.9. The molecule has 0 aliphatic rings. The Labute approximate surface area is 111 Å². The average molecular weight is 278 g/mol. The van der Waals surface area contributed by atoms with Gasteiger partial charge in [-0.3, -0.25) is 0 Å². The number of rotatable bonds is 2. The average Bonchev–Trinajstić information content (AvgIpc) is 2.37. The highest BCUT2D eigenvalue weighted by Crippen LogP contribution is 2.25. The third-order valence-corrected chi connectivity index (χ3v) is 2.07. The van der Waals surface area contributed by atoms with Crippen molar-refractivity contribution in [3.63, 3.8) is 0 Å². The third-order valence-electron chi connectivity index (χ3n) is 2.07. The lowest BCUT2D eigenvalue weighted by molar-refractivity contribution is 0.275. The fraction of sp³-hybridized carbons (Fsp3) is 0. The minimum absolute atomic E-state index is 1.23. The first-order chi connectivity index (χ1) is 8.95. The summed E-state index contributed by atoms with van der Waals surface area (Å²) >= 11 is 0. The fourth-order valence-corrected chi connectivity index (χ4v) is 1.32. The van der Waals surface area contributed by atoms with Gasteiger partial charge in [-0.05, 0) is 11.1 Å². The molecule has 0 fully saturated rings. The van der Waals surface area contributed by atoms with Gasteiger partial charge in [0.25, 0.3) is 0 Å². The molecular weight excluding hydrogens is 263 g/mol. The monoisotopic (exact) mass is 278 g/mol. The fourth-order valence-electron chi connectivity index (χ4n) is 1.32. The second-order valence-corrected chi connectivity index (χ2v) is 4.69. The van der Waals surface area contributed by atoms with E-state index in [0.717, 1.165) is 0 Å². The molecule has 0 aliphatic heterocycles. The van der Waals surface area contributed by atoms with Gasteiger partial charge in [0.2, 0.25) is 0 Å². The zero-order valence-corrected chi connectivity index (χ0v) is 11.0. The second kappa shape index (κ2) is 7.67. The molecule has 2 aromatic carbocycles. The van der Waals surface area contributed by atoms with Crippen molar-refractivity contribution in [1.29, 1.82) is 0 Å². The molecule has 0 unspecified atom stereocenters. The van der Waals surface area contributed by atoms with Crippen LogP contribution in [-0.2, 0) is 4.57 Å². The first kappa shape index (κ1) is 15.3. The van der Waals surface area contributed by atoms with E-state index in [1.54, 1.807) is 0 Å². The summed E-state index contributed by atoms with van der Waals surface area (Å²) in [6.07, 6.45) is 4.24. The van der Waals surface area contributed by atoms with E-state index in [4.69, 9.17) is 19.2 Å². The van der Waals surface area contributed by atoms with Gasteiger partial charge in [-0.1, -0.05) is 72.8 Å². The Balaban J connectivity index is 0.000000312. The molecule has 0 amide bonds. The highest BCUT2D eigenvalue weighted by molar-refractivity contribution is 7.45. The minimum Gasteiger partial charge on any atom is -0.303 e. The van der Waals surface area contributed by atoms with Gasteiger partial charge in [0.1, 0.15) is 0 Å². The van der Waals surface area contributed by atoms with E-state index in [9.17, 15) is 0 Å². The highest BCUT2D eigenvalue weighted by atomic mass is 31.2. The van der Waals surface area contributed by atoms with Crippen molar-refractivity contribution in [3.8, 4) is 0 Å². The molecule has 2 rings (SSSR count). The Morgan fingerprint density at radius 2 is 0.947 bits per heavy atom. The Morgan fingerprint density at radius 3 is 1.21 bits per heavy atom. The predicted octanol–water partition coefficient (Wildman–Crippen LogP) is 2.93. The van der Waals surface area contributed by atoms with Crippen molar-refractivity contribution in [3.05, 3.63) is 71.8 Å². The number of phosphoric acid groups is 1. The smallest absolute Gasteiger partial charge is 0.303 e. The largest absolute Gasteiger partial charge is 0.466 e. The van der Waals surface area contributed by atoms with Gasteiger partial charge in [-0.2, -0.15) is 0 Å². The van der Waals surface area contributed by atoms with Crippen molar-refractivity contribution in [1.82, 2.24) is 0 Å². The Hall–Kier alpha value is -1.71. The summed E-state index contributed by atoms with van der Waals surface area (Å²) in [6, 6.07) is 20.6. The van der Waals surface area contributed by atoms with E-state index in [1.165, 1.54) is 11.1 Å². The SMILES string of the molecule is C(=C\c1ccccc1)/c1ccccc1.O=P(O)(O)O. The van der Waals surface area contributed by atoms with Crippen LogP contribution in [0.3, 0.4) is 0 Å². The van der Waals surface area contributed by atoms with Crippen LogP contribution < -0.4 is 0 Å². The molecule has 0 atom stereocenters. The van der Waals surface area contributed by atoms with E-state index in [2.05, 4.69) is 36.4 Å². The van der Waals surface area contributed by atoms with Crippen LogP contribution in [0.2, 0.25) is 0 Å². The van der Waals surface area contributed by atoms with Gasteiger partial charge < -0.3 is 14.7 Å². The van der Waals surface area contributed by atoms with Crippen LogP contribution in [0, 0.1) is 0 Å². The maximum atomic E-state index is 8.88. The van der Waals surface area contributed by atoms with E-state index in [-0.39, 0.29) is 0 Å². The molecule has 0 spiro atoms. The van der Waals surface area contributed by atoms with Crippen LogP contribution in [0.15, 0.2) is 60.7 Å². The molecule has 2 aromatic rings. The molecule has 0 radical (unpaired) electrons. The van der Waals surface area contributed by atoms with Crippen molar-refractivity contribution >= 4 is 20.0 Å². The standard InChI is InChI=1S/C14H12.H3O4P/c1-3-7-13(8-4-1)11-12-14-9-5-2-6-10-14;1-5(2,3)4/h1-12H;(H3,1,2,3,4)/b12-11+;. The summed E-state index contributed by atoms with van der Waals surface area (Å²) in [7, 11) is -4.64. The molecule has 0 aliphatic carbocycles. The lowest BCUT2D eigenvalue weighted by Crippen LogP contribution is -1.70. The van der Waals surface area contributed by atoms with Gasteiger partial charge >= 0.3 is 7.82 Å². The molecule has 19 heavy (non-hydrogen) atoms. The predicted molar refractivity (Wildman–Crippen MR) is 76.1 cm³/mol. The molecular formula is C14H15O4P. The van der Waals surface area contributed by atoms with Gasteiger partial charge in [-0.15, -0.1) is 0 Å². The molecule has 0 bridgehead atoms. The molecule has 4 nitrogen and oxygen atoms in total. The van der Waals surface area contributed by atoms with Crippen LogP contribution in [0.4, 0.5) is 0 Å². The van der Waals surface area contributed by atoms with Crippen molar-refractivity contribution in [2.24, 2.45) is 0 Å². The third kappa shape index (κ3) is 8.94. The molecule has 0 aromatic heterocycles. The summed E-state index contributed by atoms with van der Waals surface area (Å²) in [5, 5.41) is 0. The van der Waals surface area contributed by atoms with Crippen LogP contribution in [0.25, 0.3) is 12.2 Å². The lowest BCUT2D eigenvalue weighted by Gasteiger charge is -1.92. The van der Waals surface area contributed by atoms with E-state index in [0.29, 0.717) is 0 Å². The summed E-state index contributed by atoms with van der Waals surface area (Å²) in [5.74, 6) is 0. The topological polar surface area (TPSA) is 77.8 Å². The van der Waals surface area contributed by atoms with Gasteiger partial charge in [0, 0.05) is 0 Å². The number of hydrogen-bond donors (Lipinski definition) is 3. The maximum Gasteiger partial charge on any atom is 0.466 e. The Kier molecular flexibility index (Phi) is 6.19. The van der Waals surface area contributed by atoms with Gasteiger partial charge in [-0.25, -0.2) is 4.57 Å². The van der Waals surface area contributed by atoms with Crippen LogP contribution in [-0.4, -0.2) is 14.7 Å². The number of hydrogen-bond acceptors (Lipinski definition) is 1. The van der Waals surface area contributed by atoms with E-state index >= 15 is 0 Å². The second-order valence-electron chi connectivity index (χ2n) is 3.67. The zero-order valence-electron chi connectivity index (χ0n) is 10.1. The molecule has 0 heterocycles. The van der Waals surface area contributed by atoms with Crippen molar-refractivity contribution < 1.29 is 19.2 Å². The van der Waals surface area contributed by atoms with E-state index in [1.807, 2.05) is 36.4 Å². The first-order valence-electron chi connectivity index (χ1n) is 5.51. The molecule has 0 saturated carbocycles. The summed E-state index contributed by atoms with van der Waals surface area (Å²) in [5.41, 5.74) is 2.47. The minimum atomic E-state index is -4.64. The van der Waals surface area contributed by atoms with Gasteiger partial charge in [0.15, 0.2) is 0 Å². The summed E-state index contributed by atoms with van der Waals surface area (Å²) in [6.45, 7) is 0. The van der Waals surface area contributed by atoms with E-state index < -0.39 is 7.82 Å². The van der Waals surface area contributed by atoms with Crippen molar-refractivity contribution in [2.75, 3.05) is 0 Å². The van der Waals surface area contributed by atoms with Crippen LogP contribution in [0.5, 0.6) is 0 Å². The number of benzene rings is 2. The van der Waals surface area contributed by atoms with Crippen molar-refractivity contribution in [2.45, 2.75) is 0 Å². The summed E-state index contributed by atoms with van der Waals surface area (Å²) in [4.78, 5) is 21.6. The van der Waals surface area contributed by atoms with Gasteiger partial charge in [0.05, 0.1) is 0 Å². The molecule has 3 N–H and O–H groups in total. The molecule has 0 saturated heterocycles. The Morgan fingerprint density at radius 1 is 0.684 bits per heavy atom. The maximum absolute atomic E-state index is 8.88. The molecule has 5 heteroatoms. The summed E-state index contributed by atoms with van der Waals surface area (Å²) < 4.78 is 8.88. The molecule has 100 valence electrons. The quantitative estimate of drug-likeness (QED) is 0.583. The van der Waals surface area contributed by atoms with Crippen LogP contribution in [0.1, 0.15) is 11.1 Å². The first-order valence-corrected chi connectivity index (χ1v) is 7.08. The lowest BCUT2D eigenvalue weighted by atomic mass is 10.1. The highest BCUT2D eigenvalue weighted by Gasteiger charge is 2.00. The Bertz CT molecular complexity index is 496. The zero-order chi connectivity index (χ0) is 14.1.